The maximum absolute atomic E-state index is 12.5. The molecule has 0 aliphatic rings. The molecule has 9 heteroatoms. The number of aromatic amines is 1. The topological polar surface area (TPSA) is 108 Å². The van der Waals surface area contributed by atoms with E-state index in [9.17, 15) is 18.0 Å². The number of alkyl halides is 3. The van der Waals surface area contributed by atoms with Gasteiger partial charge in [0.25, 0.3) is 5.91 Å². The third-order valence-electron chi connectivity index (χ3n) is 2.61. The van der Waals surface area contributed by atoms with Crippen molar-refractivity contribution < 1.29 is 18.0 Å². The number of halogens is 3. The normalized spacial score (nSPS) is 11.0. The van der Waals surface area contributed by atoms with E-state index < -0.39 is 17.6 Å². The summed E-state index contributed by atoms with van der Waals surface area (Å²) in [4.78, 5) is 11.9. The number of anilines is 2. The summed E-state index contributed by atoms with van der Waals surface area (Å²) in [5.74, 6) is -0.707. The Hall–Kier alpha value is -3.02. The highest BCUT2D eigenvalue weighted by atomic mass is 19.4. The Balaban J connectivity index is 2.31. The lowest BCUT2D eigenvalue weighted by molar-refractivity contribution is -0.137. The van der Waals surface area contributed by atoms with Gasteiger partial charge in [0.15, 0.2) is 0 Å². The minimum atomic E-state index is -4.57. The van der Waals surface area contributed by atoms with Crippen LogP contribution in [-0.2, 0) is 6.18 Å². The molecule has 108 valence electrons. The molecule has 21 heavy (non-hydrogen) atoms. The molecule has 0 aliphatic carbocycles. The van der Waals surface area contributed by atoms with Gasteiger partial charge in [0.2, 0.25) is 0 Å². The van der Waals surface area contributed by atoms with Crippen LogP contribution in [0.4, 0.5) is 24.5 Å². The molecule has 1 aromatic heterocycles. The molecule has 0 bridgehead atoms. The fraction of sp³-hybridized carbons (Fsp3) is 0.0833. The molecule has 1 aromatic carbocycles. The van der Waals surface area contributed by atoms with Gasteiger partial charge in [-0.25, -0.2) is 0 Å². The quantitative estimate of drug-likeness (QED) is 0.788. The fourth-order valence-corrected chi connectivity index (χ4v) is 1.58. The molecule has 2 rings (SSSR count). The maximum Gasteiger partial charge on any atom is 0.416 e. The number of aromatic nitrogens is 2. The molecular formula is C12H8F3N5O. The highest BCUT2D eigenvalue weighted by Crippen LogP contribution is 2.31. The number of benzene rings is 1. The molecule has 0 saturated heterocycles. The first kappa shape index (κ1) is 14.4. The predicted molar refractivity (Wildman–Crippen MR) is 67.1 cm³/mol. The van der Waals surface area contributed by atoms with Crippen LogP contribution in [0.3, 0.4) is 0 Å². The molecule has 0 atom stereocenters. The molecule has 0 radical (unpaired) electrons. The van der Waals surface area contributed by atoms with Crippen molar-refractivity contribution >= 4 is 17.3 Å². The Morgan fingerprint density at radius 1 is 1.43 bits per heavy atom. The first-order valence-corrected chi connectivity index (χ1v) is 5.54. The molecule has 6 nitrogen and oxygen atoms in total. The van der Waals surface area contributed by atoms with Crippen molar-refractivity contribution in [3.63, 3.8) is 0 Å². The first-order chi connectivity index (χ1) is 9.82. The molecule has 0 aliphatic heterocycles. The highest BCUT2D eigenvalue weighted by Gasteiger charge is 2.31. The van der Waals surface area contributed by atoms with E-state index in [0.717, 1.165) is 12.1 Å². The zero-order valence-corrected chi connectivity index (χ0v) is 10.3. The van der Waals surface area contributed by atoms with Crippen molar-refractivity contribution in [3.05, 3.63) is 41.2 Å². The van der Waals surface area contributed by atoms with Crippen molar-refractivity contribution in [2.75, 3.05) is 11.1 Å². The smallest absolute Gasteiger partial charge is 0.396 e. The molecular weight excluding hydrogens is 287 g/mol. The Bertz CT molecular complexity index is 729. The molecule has 1 heterocycles. The van der Waals surface area contributed by atoms with Gasteiger partial charge in [0, 0.05) is 0 Å². The van der Waals surface area contributed by atoms with E-state index in [-0.39, 0.29) is 22.6 Å². The molecule has 0 unspecified atom stereocenters. The van der Waals surface area contributed by atoms with Crippen LogP contribution in [0.25, 0.3) is 0 Å². The van der Waals surface area contributed by atoms with E-state index in [0.29, 0.717) is 6.07 Å². The number of hydrogen-bond acceptors (Lipinski definition) is 4. The van der Waals surface area contributed by atoms with E-state index in [1.165, 1.54) is 6.20 Å². The van der Waals surface area contributed by atoms with Crippen LogP contribution < -0.4 is 11.1 Å². The Morgan fingerprint density at radius 2 is 2.14 bits per heavy atom. The number of nitriles is 1. The van der Waals surface area contributed by atoms with Gasteiger partial charge in [-0.3, -0.25) is 9.89 Å². The number of nitrogens with zero attached hydrogens (tertiary/aromatic N) is 2. The molecule has 4 N–H and O–H groups in total. The molecule has 0 spiro atoms. The van der Waals surface area contributed by atoms with Gasteiger partial charge in [-0.2, -0.15) is 23.5 Å². The monoisotopic (exact) mass is 295 g/mol. The summed E-state index contributed by atoms with van der Waals surface area (Å²) in [5, 5.41) is 17.1. The van der Waals surface area contributed by atoms with Crippen molar-refractivity contribution in [2.45, 2.75) is 6.18 Å². The Kier molecular flexibility index (Phi) is 3.54. The summed E-state index contributed by atoms with van der Waals surface area (Å²) in [6.45, 7) is 0. The number of carbonyl (C=O) groups excluding carboxylic acids is 1. The third-order valence-corrected chi connectivity index (χ3v) is 2.61. The Morgan fingerprint density at radius 3 is 2.67 bits per heavy atom. The molecule has 0 saturated carbocycles. The van der Waals surface area contributed by atoms with Crippen LogP contribution in [0.2, 0.25) is 0 Å². The van der Waals surface area contributed by atoms with E-state index >= 15 is 0 Å². The van der Waals surface area contributed by atoms with Gasteiger partial charge >= 0.3 is 6.18 Å². The lowest BCUT2D eigenvalue weighted by atomic mass is 10.1. The lowest BCUT2D eigenvalue weighted by Crippen LogP contribution is -2.15. The zero-order chi connectivity index (χ0) is 15.6. The van der Waals surface area contributed by atoms with Gasteiger partial charge in [0.05, 0.1) is 28.7 Å². The van der Waals surface area contributed by atoms with Crippen LogP contribution >= 0.6 is 0 Å². The number of nitrogens with two attached hydrogens (primary N) is 1. The Labute approximate surface area is 116 Å². The summed E-state index contributed by atoms with van der Waals surface area (Å²) in [6.07, 6.45) is -3.35. The van der Waals surface area contributed by atoms with Gasteiger partial charge in [-0.15, -0.1) is 0 Å². The first-order valence-electron chi connectivity index (χ1n) is 5.54. The summed E-state index contributed by atoms with van der Waals surface area (Å²) < 4.78 is 37.6. The minimum Gasteiger partial charge on any atom is -0.396 e. The second-order valence-corrected chi connectivity index (χ2v) is 4.02. The van der Waals surface area contributed by atoms with Crippen LogP contribution in [-0.4, -0.2) is 16.1 Å². The van der Waals surface area contributed by atoms with Crippen molar-refractivity contribution in [1.82, 2.24) is 10.2 Å². The summed E-state index contributed by atoms with van der Waals surface area (Å²) in [6, 6.07) is 4.04. The van der Waals surface area contributed by atoms with Gasteiger partial charge in [-0.1, -0.05) is 0 Å². The lowest BCUT2D eigenvalue weighted by Gasteiger charge is -2.10. The third kappa shape index (κ3) is 2.94. The van der Waals surface area contributed by atoms with Crippen LogP contribution in [0.1, 0.15) is 21.6 Å². The van der Waals surface area contributed by atoms with E-state index in [4.69, 9.17) is 11.0 Å². The average Bonchev–Trinajstić information content (AvgIpc) is 2.84. The van der Waals surface area contributed by atoms with Crippen molar-refractivity contribution in [3.8, 4) is 6.07 Å². The van der Waals surface area contributed by atoms with Gasteiger partial charge < -0.3 is 11.1 Å². The standard InChI is InChI=1S/C12H8F3N5O/c13-12(14,15)7-1-2-9(6(3-7)4-16)19-11(21)10-8(17)5-18-20-10/h1-3,5H,17H2,(H,18,20)(H,19,21). The van der Waals surface area contributed by atoms with Crippen molar-refractivity contribution in [2.24, 2.45) is 0 Å². The van der Waals surface area contributed by atoms with Gasteiger partial charge in [-0.05, 0) is 18.2 Å². The molecule has 0 fully saturated rings. The fourth-order valence-electron chi connectivity index (χ4n) is 1.58. The SMILES string of the molecule is N#Cc1cc(C(F)(F)F)ccc1NC(=O)c1[nH]ncc1N. The van der Waals surface area contributed by atoms with Gasteiger partial charge in [0.1, 0.15) is 11.8 Å². The number of rotatable bonds is 2. The predicted octanol–water partition coefficient (Wildman–Crippen LogP) is 2.13. The number of amides is 1. The number of carbonyl (C=O) groups is 1. The van der Waals surface area contributed by atoms with E-state index in [2.05, 4.69) is 15.5 Å². The van der Waals surface area contributed by atoms with E-state index in [1.807, 2.05) is 0 Å². The number of hydrogen-bond donors (Lipinski definition) is 3. The summed E-state index contributed by atoms with van der Waals surface area (Å²) >= 11 is 0. The van der Waals surface area contributed by atoms with Crippen LogP contribution in [0, 0.1) is 11.3 Å². The summed E-state index contributed by atoms with van der Waals surface area (Å²) in [7, 11) is 0. The number of nitrogens with one attached hydrogen (secondary N) is 2. The minimum absolute atomic E-state index is 0.0428. The van der Waals surface area contributed by atoms with Crippen LogP contribution in [0.5, 0.6) is 0 Å². The van der Waals surface area contributed by atoms with E-state index in [1.54, 1.807) is 6.07 Å². The second-order valence-electron chi connectivity index (χ2n) is 4.02. The van der Waals surface area contributed by atoms with Crippen LogP contribution in [0.15, 0.2) is 24.4 Å². The van der Waals surface area contributed by atoms with Crippen molar-refractivity contribution in [1.29, 1.82) is 5.26 Å². The highest BCUT2D eigenvalue weighted by molar-refractivity contribution is 6.06. The number of nitrogen functional groups attached to an aromatic ring is 1. The number of H-pyrrole nitrogens is 1. The molecule has 1 amide bonds. The largest absolute Gasteiger partial charge is 0.416 e. The summed E-state index contributed by atoms with van der Waals surface area (Å²) in [5.41, 5.74) is 4.18. The average molecular weight is 295 g/mol. The zero-order valence-electron chi connectivity index (χ0n) is 10.3. The second kappa shape index (κ2) is 5.16. The molecule has 2 aromatic rings. The maximum atomic E-state index is 12.5.